The van der Waals surface area contributed by atoms with E-state index in [2.05, 4.69) is 0 Å². The predicted molar refractivity (Wildman–Crippen MR) is 132 cm³/mol. The molecule has 0 radical (unpaired) electrons. The molecule has 0 atom stereocenters. The molecule has 0 aromatic heterocycles. The van der Waals surface area contributed by atoms with Crippen LogP contribution in [0.15, 0.2) is 9.81 Å². The molecule has 2 amide bonds. The average molecular weight is 519 g/mol. The summed E-state index contributed by atoms with van der Waals surface area (Å²) >= 11 is 12.7. The number of carbonyl (C=O) groups is 4. The molecule has 0 N–H and O–H groups in total. The van der Waals surface area contributed by atoms with Gasteiger partial charge in [0.05, 0.1) is 22.0 Å². The van der Waals surface area contributed by atoms with E-state index in [0.29, 0.717) is 21.5 Å². The Hall–Kier alpha value is -1.50. The van der Waals surface area contributed by atoms with Gasteiger partial charge in [-0.15, -0.1) is 0 Å². The molecule has 8 nitrogen and oxygen atoms in total. The Bertz CT molecular complexity index is 787. The van der Waals surface area contributed by atoms with Gasteiger partial charge in [0.15, 0.2) is 0 Å². The van der Waals surface area contributed by atoms with Gasteiger partial charge in [-0.05, 0) is 40.5 Å². The van der Waals surface area contributed by atoms with E-state index < -0.39 is 0 Å². The highest BCUT2D eigenvalue weighted by Crippen LogP contribution is 2.42. The molecule has 32 heavy (non-hydrogen) atoms. The summed E-state index contributed by atoms with van der Waals surface area (Å²) in [7, 11) is 0. The molecule has 2 heterocycles. The van der Waals surface area contributed by atoms with E-state index in [9.17, 15) is 19.2 Å². The fourth-order valence-electron chi connectivity index (χ4n) is 2.86. The molecule has 12 heteroatoms. The number of thioether (sulfide) groups is 2. The van der Waals surface area contributed by atoms with Crippen LogP contribution in [-0.2, 0) is 28.7 Å². The summed E-state index contributed by atoms with van der Waals surface area (Å²) in [6, 6.07) is 0. The fraction of sp³-hybridized carbons (Fsp3) is 0.600. The van der Waals surface area contributed by atoms with Gasteiger partial charge in [-0.1, -0.05) is 48.0 Å². The van der Waals surface area contributed by atoms with E-state index in [4.69, 9.17) is 33.9 Å². The molecule has 2 aliphatic heterocycles. The summed E-state index contributed by atoms with van der Waals surface area (Å²) < 4.78 is 10.8. The molecule has 0 aromatic rings. The third-order valence-electron chi connectivity index (χ3n) is 4.16. The number of thiocarbonyl (C=S) groups is 2. The Balaban J connectivity index is 1.96. The van der Waals surface area contributed by atoms with E-state index in [1.54, 1.807) is 27.7 Å². The molecule has 2 saturated heterocycles. The number of amides is 2. The molecule has 2 rings (SSSR count). The summed E-state index contributed by atoms with van der Waals surface area (Å²) in [6.45, 7) is 7.61. The molecular formula is C20H26N2O6S4. The van der Waals surface area contributed by atoms with Gasteiger partial charge >= 0.3 is 11.9 Å². The molecule has 0 spiro atoms. The van der Waals surface area contributed by atoms with Gasteiger partial charge in [-0.25, -0.2) is 0 Å². The molecule has 2 fully saturated rings. The van der Waals surface area contributed by atoms with Crippen LogP contribution >= 0.6 is 48.0 Å². The maximum Gasteiger partial charge on any atom is 0.306 e. The van der Waals surface area contributed by atoms with Gasteiger partial charge in [-0.2, -0.15) is 0 Å². The number of rotatable bonds is 10. The number of esters is 2. The smallest absolute Gasteiger partial charge is 0.306 e. The molecule has 0 unspecified atom stereocenters. The fourth-order valence-corrected chi connectivity index (χ4v) is 5.63. The van der Waals surface area contributed by atoms with Crippen LogP contribution in [0, 0.1) is 0 Å². The molecule has 176 valence electrons. The largest absolute Gasteiger partial charge is 0.463 e. The van der Waals surface area contributed by atoms with E-state index >= 15 is 0 Å². The quantitative estimate of drug-likeness (QED) is 0.243. The Morgan fingerprint density at radius 3 is 1.44 bits per heavy atom. The zero-order valence-corrected chi connectivity index (χ0v) is 21.6. The monoisotopic (exact) mass is 518 g/mol. The average Bonchev–Trinajstić information content (AvgIpc) is 3.11. The van der Waals surface area contributed by atoms with Crippen LogP contribution in [0.4, 0.5) is 0 Å². The van der Waals surface area contributed by atoms with Crippen molar-refractivity contribution in [2.45, 2.75) is 65.6 Å². The second kappa shape index (κ2) is 12.1. The SMILES string of the molecule is CC(C)OC(=O)CCCN1C(=O)C(=C2SC(=S)N(CCCC(=O)OC(C)C)C2=O)SC1=S. The first-order valence-electron chi connectivity index (χ1n) is 10.2. The van der Waals surface area contributed by atoms with E-state index in [1.807, 2.05) is 0 Å². The van der Waals surface area contributed by atoms with Crippen molar-refractivity contribution in [1.82, 2.24) is 9.80 Å². The Morgan fingerprint density at radius 2 is 1.12 bits per heavy atom. The predicted octanol–water partition coefficient (Wildman–Crippen LogP) is 3.38. The van der Waals surface area contributed by atoms with Crippen LogP contribution in [0.5, 0.6) is 0 Å². The first kappa shape index (κ1) is 26.7. The van der Waals surface area contributed by atoms with Crippen molar-refractivity contribution in [3.05, 3.63) is 9.81 Å². The van der Waals surface area contributed by atoms with E-state index in [1.165, 1.54) is 9.80 Å². The molecule has 2 aliphatic rings. The highest BCUT2D eigenvalue weighted by molar-refractivity contribution is 8.29. The number of hydrogen-bond acceptors (Lipinski definition) is 10. The Labute approximate surface area is 206 Å². The lowest BCUT2D eigenvalue weighted by atomic mass is 10.2. The zero-order valence-electron chi connectivity index (χ0n) is 18.4. The lowest BCUT2D eigenvalue weighted by Crippen LogP contribution is -2.31. The maximum absolute atomic E-state index is 12.9. The van der Waals surface area contributed by atoms with Gasteiger partial charge < -0.3 is 9.47 Å². The second-order valence-corrected chi connectivity index (χ2v) is 10.9. The summed E-state index contributed by atoms with van der Waals surface area (Å²) in [4.78, 5) is 52.4. The van der Waals surface area contributed by atoms with Crippen LogP contribution in [0.25, 0.3) is 0 Å². The van der Waals surface area contributed by atoms with Crippen molar-refractivity contribution in [3.63, 3.8) is 0 Å². The normalized spacial score (nSPS) is 19.1. The Kier molecular flexibility index (Phi) is 10.1. The van der Waals surface area contributed by atoms with Crippen LogP contribution < -0.4 is 0 Å². The van der Waals surface area contributed by atoms with Crippen molar-refractivity contribution >= 4 is 80.4 Å². The minimum absolute atomic E-state index is 0.173. The lowest BCUT2D eigenvalue weighted by Gasteiger charge is -2.15. The topological polar surface area (TPSA) is 93.2 Å². The maximum atomic E-state index is 12.9. The van der Waals surface area contributed by atoms with Crippen molar-refractivity contribution in [2.24, 2.45) is 0 Å². The standard InChI is InChI=1S/C20H26N2O6S4/c1-11(2)27-13(23)7-5-9-21-17(25)15(31-19(21)29)16-18(26)22(20(30)32-16)10-6-8-14(24)28-12(3)4/h11-12H,5-10H2,1-4H3. The minimum atomic E-state index is -0.363. The number of ether oxygens (including phenoxy) is 2. The van der Waals surface area contributed by atoms with E-state index in [0.717, 1.165) is 23.5 Å². The highest BCUT2D eigenvalue weighted by atomic mass is 32.2. The van der Waals surface area contributed by atoms with Crippen molar-refractivity contribution < 1.29 is 28.7 Å². The lowest BCUT2D eigenvalue weighted by molar-refractivity contribution is -0.148. The third kappa shape index (κ3) is 7.26. The summed E-state index contributed by atoms with van der Waals surface area (Å²) in [5.41, 5.74) is 0. The molecule has 0 saturated carbocycles. The van der Waals surface area contributed by atoms with E-state index in [-0.39, 0.29) is 71.7 Å². The molecule has 0 aliphatic carbocycles. The first-order chi connectivity index (χ1) is 15.0. The molecule has 0 aromatic carbocycles. The second-order valence-electron chi connectivity index (χ2n) is 7.59. The van der Waals surface area contributed by atoms with Crippen molar-refractivity contribution in [2.75, 3.05) is 13.1 Å². The molecule has 0 bridgehead atoms. The van der Waals surface area contributed by atoms with Gasteiger partial charge in [0.25, 0.3) is 11.8 Å². The van der Waals surface area contributed by atoms with Crippen LogP contribution in [0.3, 0.4) is 0 Å². The van der Waals surface area contributed by atoms with Crippen LogP contribution in [0.2, 0.25) is 0 Å². The summed E-state index contributed by atoms with van der Waals surface area (Å²) in [5.74, 6) is -1.39. The number of carbonyl (C=O) groups excluding carboxylic acids is 4. The van der Waals surface area contributed by atoms with Crippen LogP contribution in [0.1, 0.15) is 53.4 Å². The van der Waals surface area contributed by atoms with Gasteiger partial charge in [-0.3, -0.25) is 29.0 Å². The van der Waals surface area contributed by atoms with Gasteiger partial charge in [0, 0.05) is 25.9 Å². The minimum Gasteiger partial charge on any atom is -0.463 e. The summed E-state index contributed by atoms with van der Waals surface area (Å²) in [6.07, 6.45) is 0.763. The summed E-state index contributed by atoms with van der Waals surface area (Å²) in [5, 5.41) is 0. The van der Waals surface area contributed by atoms with Gasteiger partial charge in [0.2, 0.25) is 0 Å². The first-order valence-corrected chi connectivity index (χ1v) is 12.7. The van der Waals surface area contributed by atoms with Crippen LogP contribution in [-0.4, -0.2) is 67.5 Å². The number of hydrogen-bond donors (Lipinski definition) is 0. The van der Waals surface area contributed by atoms with Gasteiger partial charge in [0.1, 0.15) is 8.64 Å². The Morgan fingerprint density at radius 1 is 0.781 bits per heavy atom. The van der Waals surface area contributed by atoms with Crippen molar-refractivity contribution in [1.29, 1.82) is 0 Å². The highest BCUT2D eigenvalue weighted by Gasteiger charge is 2.41. The van der Waals surface area contributed by atoms with Crippen molar-refractivity contribution in [3.8, 4) is 0 Å². The number of nitrogens with zero attached hydrogens (tertiary/aromatic N) is 2. The molecular weight excluding hydrogens is 492 g/mol. The zero-order chi connectivity index (χ0) is 24.0. The third-order valence-corrected chi connectivity index (χ3v) is 7.19.